The number of aldehydes is 1. The third kappa shape index (κ3) is 5.97. The van der Waals surface area contributed by atoms with Crippen molar-refractivity contribution in [2.24, 2.45) is 0 Å². The van der Waals surface area contributed by atoms with Crippen LogP contribution in [0.5, 0.6) is 0 Å². The lowest BCUT2D eigenvalue weighted by Crippen LogP contribution is -2.25. The zero-order valence-corrected chi connectivity index (χ0v) is 29.4. The second kappa shape index (κ2) is 13.9. The average Bonchev–Trinajstić information content (AvgIpc) is 3.74. The van der Waals surface area contributed by atoms with Gasteiger partial charge in [-0.15, -0.1) is 0 Å². The molecule has 6 aromatic carbocycles. The quantitative estimate of drug-likeness (QED) is 0.122. The number of hydrogen-bond donors (Lipinski definition) is 0. The van der Waals surface area contributed by atoms with Gasteiger partial charge in [0, 0.05) is 39.0 Å². The molecule has 0 atom stereocenters. The van der Waals surface area contributed by atoms with Crippen molar-refractivity contribution >= 4 is 34.3 Å². The molecular weight excluding hydrogens is 623 g/mol. The van der Waals surface area contributed by atoms with E-state index in [-0.39, 0.29) is 5.41 Å². The van der Waals surface area contributed by atoms with E-state index in [9.17, 15) is 4.79 Å². The summed E-state index contributed by atoms with van der Waals surface area (Å²) in [5.74, 6) is 0.840. The van der Waals surface area contributed by atoms with Crippen LogP contribution in [0.3, 0.4) is 0 Å². The molecule has 0 saturated carbocycles. The Balaban J connectivity index is 1.20. The van der Waals surface area contributed by atoms with Gasteiger partial charge >= 0.3 is 0 Å². The molecular formula is C48H43NO2. The van der Waals surface area contributed by atoms with E-state index in [1.54, 1.807) is 0 Å². The molecule has 0 aliphatic heterocycles. The van der Waals surface area contributed by atoms with Gasteiger partial charge in [0.15, 0.2) is 0 Å². The van der Waals surface area contributed by atoms with Crippen molar-refractivity contribution < 1.29 is 9.21 Å². The van der Waals surface area contributed by atoms with Crippen LogP contribution in [0, 0.1) is 0 Å². The van der Waals surface area contributed by atoms with Gasteiger partial charge in [0.2, 0.25) is 0 Å². The number of hydrogen-bond acceptors (Lipinski definition) is 3. The van der Waals surface area contributed by atoms with Crippen molar-refractivity contribution in [1.29, 1.82) is 0 Å². The monoisotopic (exact) mass is 665 g/mol. The second-order valence-corrected chi connectivity index (χ2v) is 13.9. The summed E-state index contributed by atoms with van der Waals surface area (Å²) < 4.78 is 6.36. The van der Waals surface area contributed by atoms with Crippen LogP contribution >= 0.6 is 0 Å². The fraction of sp³-hybridized carbons (Fsp3) is 0.188. The minimum atomic E-state index is -0.0727. The Kier molecular flexibility index (Phi) is 8.88. The predicted molar refractivity (Wildman–Crippen MR) is 212 cm³/mol. The molecule has 8 rings (SSSR count). The first-order valence-corrected chi connectivity index (χ1v) is 18.4. The number of furan rings is 1. The van der Waals surface area contributed by atoms with E-state index >= 15 is 0 Å². The molecule has 1 heterocycles. The molecule has 1 aliphatic rings. The van der Waals surface area contributed by atoms with Crippen molar-refractivity contribution in [2.75, 3.05) is 4.90 Å². The fourth-order valence-electron chi connectivity index (χ4n) is 8.12. The van der Waals surface area contributed by atoms with Gasteiger partial charge < -0.3 is 9.32 Å². The molecule has 0 bridgehead atoms. The summed E-state index contributed by atoms with van der Waals surface area (Å²) in [5.41, 5.74) is 13.8. The molecule has 0 N–H and O–H groups in total. The van der Waals surface area contributed by atoms with Gasteiger partial charge in [-0.05, 0) is 107 Å². The topological polar surface area (TPSA) is 33.5 Å². The predicted octanol–water partition coefficient (Wildman–Crippen LogP) is 13.7. The minimum Gasteiger partial charge on any atom is -0.456 e. The highest BCUT2D eigenvalue weighted by Crippen LogP contribution is 2.56. The van der Waals surface area contributed by atoms with Crippen LogP contribution in [0.25, 0.3) is 44.5 Å². The van der Waals surface area contributed by atoms with Crippen molar-refractivity contribution in [3.05, 3.63) is 162 Å². The number of rotatable bonds is 12. The summed E-state index contributed by atoms with van der Waals surface area (Å²) in [6, 6.07) is 52.0. The van der Waals surface area contributed by atoms with E-state index in [1.807, 2.05) is 18.2 Å². The van der Waals surface area contributed by atoms with E-state index in [4.69, 9.17) is 4.42 Å². The zero-order chi connectivity index (χ0) is 34.8. The molecule has 0 amide bonds. The lowest BCUT2D eigenvalue weighted by atomic mass is 9.70. The maximum Gasteiger partial charge on any atom is 0.150 e. The molecule has 1 aromatic heterocycles. The molecule has 7 aromatic rings. The van der Waals surface area contributed by atoms with E-state index in [1.165, 1.54) is 46.2 Å². The normalized spacial score (nSPS) is 12.8. The Labute approximate surface area is 301 Å². The van der Waals surface area contributed by atoms with Gasteiger partial charge in [-0.2, -0.15) is 0 Å². The van der Waals surface area contributed by atoms with Gasteiger partial charge in [0.1, 0.15) is 17.6 Å². The Morgan fingerprint density at radius 1 is 0.569 bits per heavy atom. The Hall–Kier alpha value is -5.67. The van der Waals surface area contributed by atoms with E-state index in [0.29, 0.717) is 5.56 Å². The Morgan fingerprint density at radius 3 is 1.71 bits per heavy atom. The molecule has 3 heteroatoms. The number of fused-ring (bicyclic) bond motifs is 4. The molecule has 1 aliphatic carbocycles. The molecule has 252 valence electrons. The van der Waals surface area contributed by atoms with Crippen molar-refractivity contribution in [3.63, 3.8) is 0 Å². The van der Waals surface area contributed by atoms with Crippen LogP contribution in [0.1, 0.15) is 73.9 Å². The first-order chi connectivity index (χ1) is 25.1. The highest BCUT2D eigenvalue weighted by atomic mass is 16.3. The first-order valence-electron chi connectivity index (χ1n) is 18.4. The number of carbonyl (C=O) groups excluding carboxylic acids is 1. The summed E-state index contributed by atoms with van der Waals surface area (Å²) in [5, 5.41) is 1.01. The van der Waals surface area contributed by atoms with Crippen LogP contribution in [0.15, 0.2) is 150 Å². The summed E-state index contributed by atoms with van der Waals surface area (Å²) in [7, 11) is 0. The van der Waals surface area contributed by atoms with Gasteiger partial charge in [-0.1, -0.05) is 124 Å². The van der Waals surface area contributed by atoms with E-state index in [2.05, 4.69) is 146 Å². The second-order valence-electron chi connectivity index (χ2n) is 13.9. The van der Waals surface area contributed by atoms with Gasteiger partial charge in [-0.3, -0.25) is 4.79 Å². The number of benzene rings is 6. The number of unbranched alkanes of at least 4 members (excludes halogenated alkanes) is 2. The molecule has 0 spiro atoms. The summed E-state index contributed by atoms with van der Waals surface area (Å²) in [6.45, 7) is 4.60. The van der Waals surface area contributed by atoms with Crippen LogP contribution in [0.4, 0.5) is 17.1 Å². The average molecular weight is 666 g/mol. The van der Waals surface area contributed by atoms with E-state index in [0.717, 1.165) is 71.3 Å². The summed E-state index contributed by atoms with van der Waals surface area (Å²) >= 11 is 0. The van der Waals surface area contributed by atoms with Crippen LogP contribution in [-0.2, 0) is 5.41 Å². The molecule has 51 heavy (non-hydrogen) atoms. The zero-order valence-electron chi connectivity index (χ0n) is 29.4. The van der Waals surface area contributed by atoms with Gasteiger partial charge in [0.25, 0.3) is 0 Å². The van der Waals surface area contributed by atoms with Crippen LogP contribution in [0.2, 0.25) is 0 Å². The molecule has 0 radical (unpaired) electrons. The molecule has 0 fully saturated rings. The lowest BCUT2D eigenvalue weighted by Gasteiger charge is -2.33. The third-order valence-corrected chi connectivity index (χ3v) is 10.7. The number of anilines is 3. The summed E-state index contributed by atoms with van der Waals surface area (Å²) in [6.07, 6.45) is 7.74. The van der Waals surface area contributed by atoms with Crippen LogP contribution in [-0.4, -0.2) is 6.29 Å². The van der Waals surface area contributed by atoms with Gasteiger partial charge in [-0.25, -0.2) is 0 Å². The van der Waals surface area contributed by atoms with Crippen molar-refractivity contribution in [3.8, 4) is 33.6 Å². The smallest absolute Gasteiger partial charge is 0.150 e. The first kappa shape index (κ1) is 32.5. The maximum absolute atomic E-state index is 11.4. The Bertz CT molecular complexity index is 2250. The standard InChI is InChI=1S/C48H43NO2/c1-3-5-27-48(28-6-4-2)44-30-36(35-19-23-41(24-20-35)49(39-13-9-7-10-14-39)40-15-11-8-12-16-40)21-25-42(44)43-26-22-37(31-45(43)48)47-32-38-18-17-34(33-50)29-46(38)51-47/h7-26,29-33H,3-6,27-28H2,1-2H3. The molecule has 0 saturated heterocycles. The summed E-state index contributed by atoms with van der Waals surface area (Å²) in [4.78, 5) is 13.7. The molecule has 3 nitrogen and oxygen atoms in total. The van der Waals surface area contributed by atoms with Gasteiger partial charge in [0.05, 0.1) is 0 Å². The fourth-order valence-corrected chi connectivity index (χ4v) is 8.12. The maximum atomic E-state index is 11.4. The number of carbonyl (C=O) groups is 1. The SMILES string of the molecule is CCCCC1(CCCC)c2cc(-c3ccc(N(c4ccccc4)c4ccccc4)cc3)ccc2-c2ccc(-c3cc4ccc(C=O)cc4o3)cc21. The highest BCUT2D eigenvalue weighted by Gasteiger charge is 2.42. The van der Waals surface area contributed by atoms with Crippen molar-refractivity contribution in [2.45, 2.75) is 57.8 Å². The Morgan fingerprint density at radius 2 is 1.12 bits per heavy atom. The third-order valence-electron chi connectivity index (χ3n) is 10.7. The molecule has 0 unspecified atom stereocenters. The lowest BCUT2D eigenvalue weighted by molar-refractivity contribution is 0.112. The highest BCUT2D eigenvalue weighted by molar-refractivity contribution is 5.90. The van der Waals surface area contributed by atoms with Crippen molar-refractivity contribution in [1.82, 2.24) is 0 Å². The van der Waals surface area contributed by atoms with Crippen LogP contribution < -0.4 is 4.90 Å². The minimum absolute atomic E-state index is 0.0727. The number of nitrogens with zero attached hydrogens (tertiary/aromatic N) is 1. The van der Waals surface area contributed by atoms with E-state index < -0.39 is 0 Å². The number of para-hydroxylation sites is 2. The largest absolute Gasteiger partial charge is 0.456 e.